The number of nitrogens with zero attached hydrogens (tertiary/aromatic N) is 2. The molecule has 1 heterocycles. The molecule has 5 nitrogen and oxygen atoms in total. The van der Waals surface area contributed by atoms with Crippen molar-refractivity contribution in [1.29, 1.82) is 0 Å². The van der Waals surface area contributed by atoms with E-state index in [9.17, 15) is 10.1 Å². The predicted molar refractivity (Wildman–Crippen MR) is 76.3 cm³/mol. The number of aryl methyl sites for hydroxylation is 1. The van der Waals surface area contributed by atoms with Crippen LogP contribution in [-0.4, -0.2) is 22.5 Å². The van der Waals surface area contributed by atoms with Gasteiger partial charge < -0.3 is 5.32 Å². The van der Waals surface area contributed by atoms with E-state index < -0.39 is 0 Å². The highest BCUT2D eigenvalue weighted by molar-refractivity contribution is 5.38. The maximum absolute atomic E-state index is 10.9. The summed E-state index contributed by atoms with van der Waals surface area (Å²) in [5.74, 6) is 0. The van der Waals surface area contributed by atoms with E-state index in [0.29, 0.717) is 12.0 Å². The van der Waals surface area contributed by atoms with E-state index in [1.54, 1.807) is 19.2 Å². The molecule has 0 aliphatic heterocycles. The van der Waals surface area contributed by atoms with Gasteiger partial charge in [-0.3, -0.25) is 15.1 Å². The molecule has 1 aromatic heterocycles. The van der Waals surface area contributed by atoms with Crippen molar-refractivity contribution in [2.45, 2.75) is 47.1 Å². The summed E-state index contributed by atoms with van der Waals surface area (Å²) in [6, 6.07) is 1.83. The van der Waals surface area contributed by atoms with Crippen LogP contribution in [0.1, 0.15) is 39.0 Å². The molecule has 1 atom stereocenters. The van der Waals surface area contributed by atoms with Gasteiger partial charge in [-0.15, -0.1) is 0 Å². The Morgan fingerprint density at radius 1 is 1.47 bits per heavy atom. The molecule has 1 aromatic rings. The molecule has 1 rings (SSSR count). The van der Waals surface area contributed by atoms with Crippen LogP contribution in [0.3, 0.4) is 0 Å². The van der Waals surface area contributed by atoms with Gasteiger partial charge in [0, 0.05) is 36.0 Å². The van der Waals surface area contributed by atoms with Gasteiger partial charge >= 0.3 is 0 Å². The maximum Gasteiger partial charge on any atom is 0.275 e. The summed E-state index contributed by atoms with van der Waals surface area (Å²) in [4.78, 5) is 14.9. The van der Waals surface area contributed by atoms with Crippen LogP contribution in [0.25, 0.3) is 0 Å². The highest BCUT2D eigenvalue weighted by Gasteiger charge is 2.25. The largest absolute Gasteiger partial charge is 0.313 e. The van der Waals surface area contributed by atoms with Gasteiger partial charge in [-0.2, -0.15) is 0 Å². The zero-order chi connectivity index (χ0) is 14.6. The molecule has 0 saturated carbocycles. The third-order valence-corrected chi connectivity index (χ3v) is 3.24. The van der Waals surface area contributed by atoms with Crippen LogP contribution in [0.15, 0.2) is 12.3 Å². The number of hydrogen-bond acceptors (Lipinski definition) is 4. The summed E-state index contributed by atoms with van der Waals surface area (Å²) < 4.78 is 0. The van der Waals surface area contributed by atoms with Gasteiger partial charge in [-0.05, 0) is 18.9 Å². The molecule has 5 heteroatoms. The lowest BCUT2D eigenvalue weighted by Crippen LogP contribution is -2.42. The lowest BCUT2D eigenvalue weighted by Gasteiger charge is -2.31. The molecule has 0 spiro atoms. The summed E-state index contributed by atoms with van der Waals surface area (Å²) in [5.41, 5.74) is 1.59. The van der Waals surface area contributed by atoms with Crippen LogP contribution < -0.4 is 5.32 Å². The zero-order valence-electron chi connectivity index (χ0n) is 12.4. The van der Waals surface area contributed by atoms with Crippen LogP contribution in [0.2, 0.25) is 0 Å². The smallest absolute Gasteiger partial charge is 0.275 e. The average molecular weight is 265 g/mol. The number of rotatable bonds is 5. The van der Waals surface area contributed by atoms with E-state index in [-0.39, 0.29) is 22.1 Å². The van der Waals surface area contributed by atoms with Crippen molar-refractivity contribution in [3.05, 3.63) is 33.6 Å². The molecule has 0 amide bonds. The van der Waals surface area contributed by atoms with Crippen LogP contribution in [0, 0.1) is 22.5 Å². The fourth-order valence-corrected chi connectivity index (χ4v) is 2.00. The van der Waals surface area contributed by atoms with Crippen molar-refractivity contribution < 1.29 is 4.92 Å². The molecule has 0 aliphatic rings. The Bertz CT molecular complexity index is 452. The quantitative estimate of drug-likeness (QED) is 0.656. The third kappa shape index (κ3) is 4.28. The van der Waals surface area contributed by atoms with Crippen molar-refractivity contribution in [3.8, 4) is 0 Å². The SMILES string of the molecule is CCNC(Cc1cc([N+](=O)[O-])c(C)cn1)C(C)(C)C. The number of nitro groups is 1. The van der Waals surface area contributed by atoms with Crippen LogP contribution in [-0.2, 0) is 6.42 Å². The lowest BCUT2D eigenvalue weighted by atomic mass is 9.84. The summed E-state index contributed by atoms with van der Waals surface area (Å²) in [5, 5.41) is 14.4. The molecule has 0 aromatic carbocycles. The lowest BCUT2D eigenvalue weighted by molar-refractivity contribution is -0.385. The fourth-order valence-electron chi connectivity index (χ4n) is 2.00. The standard InChI is InChI=1S/C14H23N3O2/c1-6-15-13(14(3,4)5)8-11-7-12(17(18)19)10(2)9-16-11/h7,9,13,15H,6,8H2,1-5H3. The Morgan fingerprint density at radius 2 is 2.11 bits per heavy atom. The highest BCUT2D eigenvalue weighted by atomic mass is 16.6. The summed E-state index contributed by atoms with van der Waals surface area (Å²) >= 11 is 0. The summed E-state index contributed by atoms with van der Waals surface area (Å²) in [6.45, 7) is 11.1. The van der Waals surface area contributed by atoms with Gasteiger partial charge in [-0.25, -0.2) is 0 Å². The van der Waals surface area contributed by atoms with Gasteiger partial charge in [0.25, 0.3) is 5.69 Å². The first-order chi connectivity index (χ1) is 8.75. The molecule has 1 N–H and O–H groups in total. The van der Waals surface area contributed by atoms with Crippen LogP contribution in [0.4, 0.5) is 5.69 Å². The van der Waals surface area contributed by atoms with Crippen LogP contribution in [0.5, 0.6) is 0 Å². The highest BCUT2D eigenvalue weighted by Crippen LogP contribution is 2.24. The van der Waals surface area contributed by atoms with E-state index in [1.165, 1.54) is 0 Å². The third-order valence-electron chi connectivity index (χ3n) is 3.24. The first-order valence-corrected chi connectivity index (χ1v) is 6.59. The van der Waals surface area contributed by atoms with Gasteiger partial charge in [-0.1, -0.05) is 27.7 Å². The van der Waals surface area contributed by atoms with Crippen molar-refractivity contribution in [1.82, 2.24) is 10.3 Å². The van der Waals surface area contributed by atoms with Gasteiger partial charge in [0.2, 0.25) is 0 Å². The zero-order valence-corrected chi connectivity index (χ0v) is 12.4. The molecule has 19 heavy (non-hydrogen) atoms. The number of pyridine rings is 1. The van der Waals surface area contributed by atoms with Gasteiger partial charge in [0.1, 0.15) is 0 Å². The Hall–Kier alpha value is -1.49. The molecule has 0 fully saturated rings. The Balaban J connectivity index is 2.97. The number of aromatic nitrogens is 1. The molecule has 0 saturated heterocycles. The molecular weight excluding hydrogens is 242 g/mol. The second-order valence-electron chi connectivity index (χ2n) is 5.90. The minimum atomic E-state index is -0.347. The predicted octanol–water partition coefficient (Wildman–Crippen LogP) is 2.86. The molecule has 1 unspecified atom stereocenters. The Kier molecular flexibility index (Phi) is 5.00. The van der Waals surface area contributed by atoms with E-state index in [1.807, 2.05) is 0 Å². The second-order valence-corrected chi connectivity index (χ2v) is 5.90. The van der Waals surface area contributed by atoms with E-state index in [2.05, 4.69) is 38.0 Å². The maximum atomic E-state index is 10.9. The average Bonchev–Trinajstić information content (AvgIpc) is 2.29. The molecule has 0 bridgehead atoms. The fraction of sp³-hybridized carbons (Fsp3) is 0.643. The number of hydrogen-bond donors (Lipinski definition) is 1. The first kappa shape index (κ1) is 15.6. The minimum absolute atomic E-state index is 0.0807. The molecule has 0 radical (unpaired) electrons. The normalized spacial score (nSPS) is 13.3. The van der Waals surface area contributed by atoms with Crippen molar-refractivity contribution in [2.75, 3.05) is 6.54 Å². The van der Waals surface area contributed by atoms with E-state index >= 15 is 0 Å². The monoisotopic (exact) mass is 265 g/mol. The first-order valence-electron chi connectivity index (χ1n) is 6.59. The van der Waals surface area contributed by atoms with E-state index in [0.717, 1.165) is 12.2 Å². The van der Waals surface area contributed by atoms with Crippen molar-refractivity contribution in [2.24, 2.45) is 5.41 Å². The second kappa shape index (κ2) is 6.10. The van der Waals surface area contributed by atoms with Crippen LogP contribution >= 0.6 is 0 Å². The van der Waals surface area contributed by atoms with Crippen molar-refractivity contribution >= 4 is 5.69 Å². The molecule has 106 valence electrons. The Morgan fingerprint density at radius 3 is 2.58 bits per heavy atom. The minimum Gasteiger partial charge on any atom is -0.313 e. The number of nitrogens with one attached hydrogen (secondary N) is 1. The number of likely N-dealkylation sites (N-methyl/N-ethyl adjacent to an activating group) is 1. The van der Waals surface area contributed by atoms with Crippen molar-refractivity contribution in [3.63, 3.8) is 0 Å². The topological polar surface area (TPSA) is 68.1 Å². The van der Waals surface area contributed by atoms with Gasteiger partial charge in [0.15, 0.2) is 0 Å². The molecule has 0 aliphatic carbocycles. The summed E-state index contributed by atoms with van der Waals surface area (Å²) in [7, 11) is 0. The van der Waals surface area contributed by atoms with E-state index in [4.69, 9.17) is 0 Å². The molecular formula is C14H23N3O2. The summed E-state index contributed by atoms with van der Waals surface area (Å²) in [6.07, 6.45) is 2.28. The Labute approximate surface area is 114 Å². The van der Waals surface area contributed by atoms with Gasteiger partial charge in [0.05, 0.1) is 4.92 Å².